The zero-order chi connectivity index (χ0) is 10.5. The molecule has 0 saturated carbocycles. The highest BCUT2D eigenvalue weighted by Gasteiger charge is 2.30. The van der Waals surface area contributed by atoms with E-state index in [9.17, 15) is 0 Å². The van der Waals surface area contributed by atoms with Crippen LogP contribution in [-0.4, -0.2) is 32.5 Å². The predicted molar refractivity (Wildman–Crippen MR) is 54.7 cm³/mol. The molecule has 0 spiro atoms. The highest BCUT2D eigenvalue weighted by Crippen LogP contribution is 2.24. The molecule has 0 aromatic carbocycles. The molecule has 0 aliphatic heterocycles. The maximum Gasteiger partial charge on any atom is 0.0796 e. The van der Waals surface area contributed by atoms with Crippen molar-refractivity contribution in [2.45, 2.75) is 39.8 Å². The van der Waals surface area contributed by atoms with Crippen molar-refractivity contribution in [3.8, 4) is 0 Å². The van der Waals surface area contributed by atoms with Crippen LogP contribution in [0.4, 0.5) is 0 Å². The quantitative estimate of drug-likeness (QED) is 0.711. The van der Waals surface area contributed by atoms with Gasteiger partial charge in [0.25, 0.3) is 0 Å². The molecule has 0 bridgehead atoms. The third kappa shape index (κ3) is 4.60. The van der Waals surface area contributed by atoms with Gasteiger partial charge in [-0.3, -0.25) is 0 Å². The smallest absolute Gasteiger partial charge is 0.0796 e. The Labute approximate surface area is 81.6 Å². The number of hydrogen-bond donors (Lipinski definition) is 1. The van der Waals surface area contributed by atoms with Gasteiger partial charge in [-0.05, 0) is 12.3 Å². The van der Waals surface area contributed by atoms with E-state index in [1.54, 1.807) is 7.11 Å². The minimum atomic E-state index is -0.0510. The van der Waals surface area contributed by atoms with Gasteiger partial charge in [0.05, 0.1) is 18.8 Å². The molecule has 0 rings (SSSR count). The minimum absolute atomic E-state index is 0.0510. The first-order valence-corrected chi connectivity index (χ1v) is 4.79. The average molecular weight is 189 g/mol. The van der Waals surface area contributed by atoms with Crippen LogP contribution in [0.25, 0.3) is 0 Å². The fraction of sp³-hybridized carbons (Fsp3) is 1.00. The molecule has 0 aliphatic carbocycles. The van der Waals surface area contributed by atoms with Crippen LogP contribution in [0.15, 0.2) is 0 Å². The Bertz CT molecular complexity index is 131. The van der Waals surface area contributed by atoms with E-state index < -0.39 is 0 Å². The SMILES string of the molecule is CCOC(C(N)COC)C(C)(C)C. The van der Waals surface area contributed by atoms with Gasteiger partial charge in [-0.25, -0.2) is 0 Å². The first kappa shape index (κ1) is 12.9. The summed E-state index contributed by atoms with van der Waals surface area (Å²) < 4.78 is 10.6. The minimum Gasteiger partial charge on any atom is -0.383 e. The molecule has 0 aromatic heterocycles. The van der Waals surface area contributed by atoms with E-state index in [2.05, 4.69) is 20.8 Å². The largest absolute Gasteiger partial charge is 0.383 e. The molecule has 0 fully saturated rings. The van der Waals surface area contributed by atoms with Crippen LogP contribution in [0.3, 0.4) is 0 Å². The Balaban J connectivity index is 4.23. The van der Waals surface area contributed by atoms with Crippen molar-refractivity contribution >= 4 is 0 Å². The number of nitrogens with two attached hydrogens (primary N) is 1. The van der Waals surface area contributed by atoms with Crippen molar-refractivity contribution in [2.24, 2.45) is 11.1 Å². The summed E-state index contributed by atoms with van der Waals surface area (Å²) in [6.45, 7) is 9.61. The summed E-state index contributed by atoms with van der Waals surface area (Å²) in [6, 6.07) is -0.0510. The third-order valence-electron chi connectivity index (χ3n) is 1.95. The molecule has 0 saturated heterocycles. The van der Waals surface area contributed by atoms with Gasteiger partial charge in [0, 0.05) is 13.7 Å². The molecule has 13 heavy (non-hydrogen) atoms. The first-order chi connectivity index (χ1) is 5.93. The predicted octanol–water partition coefficient (Wildman–Crippen LogP) is 1.41. The van der Waals surface area contributed by atoms with Crippen molar-refractivity contribution in [1.82, 2.24) is 0 Å². The molecule has 0 radical (unpaired) electrons. The molecule has 2 unspecified atom stereocenters. The van der Waals surface area contributed by atoms with Crippen molar-refractivity contribution in [3.63, 3.8) is 0 Å². The molecular weight excluding hydrogens is 166 g/mol. The number of methoxy groups -OCH3 is 1. The van der Waals surface area contributed by atoms with Crippen molar-refractivity contribution in [1.29, 1.82) is 0 Å². The zero-order valence-electron chi connectivity index (χ0n) is 9.46. The summed E-state index contributed by atoms with van der Waals surface area (Å²) in [6.07, 6.45) is 0.0532. The molecule has 2 atom stereocenters. The van der Waals surface area contributed by atoms with E-state index >= 15 is 0 Å². The summed E-state index contributed by atoms with van der Waals surface area (Å²) in [5.41, 5.74) is 6.01. The molecular formula is C10H23NO2. The van der Waals surface area contributed by atoms with Crippen LogP contribution in [0.1, 0.15) is 27.7 Å². The van der Waals surface area contributed by atoms with E-state index in [1.807, 2.05) is 6.92 Å². The van der Waals surface area contributed by atoms with Crippen molar-refractivity contribution < 1.29 is 9.47 Å². The maximum atomic E-state index is 5.95. The summed E-state index contributed by atoms with van der Waals surface area (Å²) in [5.74, 6) is 0. The normalized spacial score (nSPS) is 17.1. The summed E-state index contributed by atoms with van der Waals surface area (Å²) in [4.78, 5) is 0. The van der Waals surface area contributed by atoms with Crippen LogP contribution in [-0.2, 0) is 9.47 Å². The van der Waals surface area contributed by atoms with Gasteiger partial charge in [-0.2, -0.15) is 0 Å². The third-order valence-corrected chi connectivity index (χ3v) is 1.95. The van der Waals surface area contributed by atoms with Gasteiger partial charge in [0.1, 0.15) is 0 Å². The molecule has 80 valence electrons. The molecule has 0 amide bonds. The van der Waals surface area contributed by atoms with Gasteiger partial charge in [-0.15, -0.1) is 0 Å². The lowest BCUT2D eigenvalue weighted by atomic mass is 9.85. The molecule has 0 heterocycles. The van der Waals surface area contributed by atoms with Gasteiger partial charge < -0.3 is 15.2 Å². The summed E-state index contributed by atoms with van der Waals surface area (Å²) in [5, 5.41) is 0. The van der Waals surface area contributed by atoms with Crippen LogP contribution in [0.5, 0.6) is 0 Å². The number of rotatable bonds is 5. The molecule has 0 aliphatic rings. The Morgan fingerprint density at radius 3 is 2.15 bits per heavy atom. The Morgan fingerprint density at radius 1 is 1.31 bits per heavy atom. The van der Waals surface area contributed by atoms with E-state index in [4.69, 9.17) is 15.2 Å². The van der Waals surface area contributed by atoms with Gasteiger partial charge in [-0.1, -0.05) is 20.8 Å². The number of ether oxygens (including phenoxy) is 2. The van der Waals surface area contributed by atoms with Crippen molar-refractivity contribution in [2.75, 3.05) is 20.3 Å². The number of hydrogen-bond acceptors (Lipinski definition) is 3. The monoisotopic (exact) mass is 189 g/mol. The fourth-order valence-electron chi connectivity index (χ4n) is 1.48. The highest BCUT2D eigenvalue weighted by atomic mass is 16.5. The topological polar surface area (TPSA) is 44.5 Å². The second kappa shape index (κ2) is 5.58. The average Bonchev–Trinajstić information content (AvgIpc) is 1.98. The molecule has 2 N–H and O–H groups in total. The standard InChI is InChI=1S/C10H23NO2/c1-6-13-9(10(2,3)4)8(11)7-12-5/h8-9H,6-7,11H2,1-5H3. The molecule has 0 aromatic rings. The second-order valence-corrected chi connectivity index (χ2v) is 4.36. The van der Waals surface area contributed by atoms with E-state index in [-0.39, 0.29) is 17.6 Å². The van der Waals surface area contributed by atoms with E-state index in [0.29, 0.717) is 13.2 Å². The highest BCUT2D eigenvalue weighted by molar-refractivity contribution is 4.83. The Hall–Kier alpha value is -0.120. The Morgan fingerprint density at radius 2 is 1.85 bits per heavy atom. The van der Waals surface area contributed by atoms with Crippen LogP contribution >= 0.6 is 0 Å². The lowest BCUT2D eigenvalue weighted by Gasteiger charge is -2.34. The molecule has 3 nitrogen and oxygen atoms in total. The lowest BCUT2D eigenvalue weighted by Crippen LogP contribution is -2.47. The fourth-order valence-corrected chi connectivity index (χ4v) is 1.48. The maximum absolute atomic E-state index is 5.95. The van der Waals surface area contributed by atoms with Gasteiger partial charge in [0.15, 0.2) is 0 Å². The summed E-state index contributed by atoms with van der Waals surface area (Å²) >= 11 is 0. The first-order valence-electron chi connectivity index (χ1n) is 4.79. The Kier molecular flexibility index (Phi) is 5.53. The van der Waals surface area contributed by atoms with E-state index in [1.165, 1.54) is 0 Å². The van der Waals surface area contributed by atoms with Crippen LogP contribution in [0.2, 0.25) is 0 Å². The zero-order valence-corrected chi connectivity index (χ0v) is 9.46. The second-order valence-electron chi connectivity index (χ2n) is 4.36. The van der Waals surface area contributed by atoms with Crippen LogP contribution < -0.4 is 5.73 Å². The molecule has 3 heteroatoms. The lowest BCUT2D eigenvalue weighted by molar-refractivity contribution is -0.0418. The van der Waals surface area contributed by atoms with Crippen molar-refractivity contribution in [3.05, 3.63) is 0 Å². The summed E-state index contributed by atoms with van der Waals surface area (Å²) in [7, 11) is 1.66. The van der Waals surface area contributed by atoms with E-state index in [0.717, 1.165) is 0 Å². The van der Waals surface area contributed by atoms with Gasteiger partial charge in [0.2, 0.25) is 0 Å². The van der Waals surface area contributed by atoms with Gasteiger partial charge >= 0.3 is 0 Å². The van der Waals surface area contributed by atoms with Crippen LogP contribution in [0, 0.1) is 5.41 Å².